The standard InChI is InChI=1S/C12H9BrClNO3/c1-2-5-15(7-11(16)17)12(18)8-3-4-10(14)9(13)6-8/h1,3-4,6H,5,7H2,(H,16,17). The fourth-order valence-electron chi connectivity index (χ4n) is 1.28. The van der Waals surface area contributed by atoms with Gasteiger partial charge in [-0.05, 0) is 34.1 Å². The topological polar surface area (TPSA) is 57.6 Å². The number of amides is 1. The highest BCUT2D eigenvalue weighted by atomic mass is 79.9. The van der Waals surface area contributed by atoms with E-state index in [1.165, 1.54) is 12.1 Å². The summed E-state index contributed by atoms with van der Waals surface area (Å²) in [5.41, 5.74) is 0.322. The molecule has 4 nitrogen and oxygen atoms in total. The summed E-state index contributed by atoms with van der Waals surface area (Å²) in [6.07, 6.45) is 5.11. The minimum atomic E-state index is -1.12. The van der Waals surface area contributed by atoms with Crippen LogP contribution in [0.5, 0.6) is 0 Å². The normalized spacial score (nSPS) is 9.61. The first kappa shape index (κ1) is 14.6. The van der Waals surface area contributed by atoms with Crippen LogP contribution in [-0.2, 0) is 4.79 Å². The van der Waals surface area contributed by atoms with Gasteiger partial charge in [0.15, 0.2) is 0 Å². The van der Waals surface area contributed by atoms with Gasteiger partial charge in [-0.2, -0.15) is 0 Å². The molecule has 0 spiro atoms. The molecule has 6 heteroatoms. The molecule has 0 unspecified atom stereocenters. The van der Waals surface area contributed by atoms with Crippen molar-refractivity contribution >= 4 is 39.4 Å². The SMILES string of the molecule is C#CCN(CC(=O)O)C(=O)c1ccc(Cl)c(Br)c1. The van der Waals surface area contributed by atoms with Crippen LogP contribution in [-0.4, -0.2) is 35.0 Å². The Morgan fingerprint density at radius 3 is 2.67 bits per heavy atom. The molecule has 1 aromatic rings. The second-order valence-electron chi connectivity index (χ2n) is 3.39. The van der Waals surface area contributed by atoms with Crippen molar-refractivity contribution in [3.8, 4) is 12.3 Å². The van der Waals surface area contributed by atoms with E-state index in [1.807, 2.05) is 0 Å². The molecule has 1 rings (SSSR count). The second-order valence-corrected chi connectivity index (χ2v) is 4.65. The molecule has 0 heterocycles. The van der Waals surface area contributed by atoms with Gasteiger partial charge in [0.2, 0.25) is 0 Å². The van der Waals surface area contributed by atoms with Gasteiger partial charge >= 0.3 is 5.97 Å². The Morgan fingerprint density at radius 2 is 2.17 bits per heavy atom. The molecule has 1 amide bonds. The molecule has 0 atom stereocenters. The van der Waals surface area contributed by atoms with Crippen LogP contribution < -0.4 is 0 Å². The fraction of sp³-hybridized carbons (Fsp3) is 0.167. The van der Waals surface area contributed by atoms with Gasteiger partial charge in [-0.1, -0.05) is 17.5 Å². The average molecular weight is 331 g/mol. The summed E-state index contributed by atoms with van der Waals surface area (Å²) in [4.78, 5) is 23.8. The number of hydrogen-bond acceptors (Lipinski definition) is 2. The van der Waals surface area contributed by atoms with E-state index in [-0.39, 0.29) is 6.54 Å². The third-order valence-electron chi connectivity index (χ3n) is 2.06. The molecular formula is C12H9BrClNO3. The molecule has 0 bridgehead atoms. The molecule has 1 aromatic carbocycles. The van der Waals surface area contributed by atoms with Crippen molar-refractivity contribution in [2.75, 3.05) is 13.1 Å². The predicted molar refractivity (Wildman–Crippen MR) is 71.5 cm³/mol. The van der Waals surface area contributed by atoms with Crippen molar-refractivity contribution in [3.05, 3.63) is 33.3 Å². The highest BCUT2D eigenvalue weighted by molar-refractivity contribution is 9.10. The maximum Gasteiger partial charge on any atom is 0.323 e. The van der Waals surface area contributed by atoms with Crippen molar-refractivity contribution in [2.45, 2.75) is 0 Å². The number of carbonyl (C=O) groups is 2. The summed E-state index contributed by atoms with van der Waals surface area (Å²) >= 11 is 9.01. The molecule has 94 valence electrons. The molecule has 0 aromatic heterocycles. The minimum Gasteiger partial charge on any atom is -0.480 e. The van der Waals surface area contributed by atoms with Crippen LogP contribution in [0.2, 0.25) is 5.02 Å². The Hall–Kier alpha value is -1.51. The molecule has 0 radical (unpaired) electrons. The lowest BCUT2D eigenvalue weighted by Crippen LogP contribution is -2.35. The lowest BCUT2D eigenvalue weighted by molar-refractivity contribution is -0.137. The van der Waals surface area contributed by atoms with E-state index >= 15 is 0 Å². The van der Waals surface area contributed by atoms with Gasteiger partial charge in [-0.25, -0.2) is 0 Å². The lowest BCUT2D eigenvalue weighted by Gasteiger charge is -2.18. The van der Waals surface area contributed by atoms with E-state index < -0.39 is 18.4 Å². The zero-order valence-electron chi connectivity index (χ0n) is 9.19. The van der Waals surface area contributed by atoms with Gasteiger partial charge in [0.1, 0.15) is 6.54 Å². The largest absolute Gasteiger partial charge is 0.480 e. The van der Waals surface area contributed by atoms with Gasteiger partial charge in [-0.3, -0.25) is 9.59 Å². The smallest absolute Gasteiger partial charge is 0.323 e. The Balaban J connectivity index is 2.98. The first-order chi connectivity index (χ1) is 8.45. The van der Waals surface area contributed by atoms with Crippen molar-refractivity contribution in [2.24, 2.45) is 0 Å². The van der Waals surface area contributed by atoms with Crippen LogP contribution in [0.1, 0.15) is 10.4 Å². The van der Waals surface area contributed by atoms with E-state index in [1.54, 1.807) is 6.07 Å². The molecule has 0 saturated carbocycles. The van der Waals surface area contributed by atoms with Crippen LogP contribution in [0.3, 0.4) is 0 Å². The highest BCUT2D eigenvalue weighted by Crippen LogP contribution is 2.23. The summed E-state index contributed by atoms with van der Waals surface area (Å²) in [5, 5.41) is 9.18. The van der Waals surface area contributed by atoms with Crippen LogP contribution in [0.4, 0.5) is 0 Å². The van der Waals surface area contributed by atoms with Gasteiger partial charge in [0, 0.05) is 10.0 Å². The van der Waals surface area contributed by atoms with Crippen LogP contribution >= 0.6 is 27.5 Å². The molecule has 0 aliphatic heterocycles. The molecule has 0 aliphatic carbocycles. The number of benzene rings is 1. The third-order valence-corrected chi connectivity index (χ3v) is 3.28. The fourth-order valence-corrected chi connectivity index (χ4v) is 1.78. The highest BCUT2D eigenvalue weighted by Gasteiger charge is 2.18. The number of carbonyl (C=O) groups excluding carboxylic acids is 1. The lowest BCUT2D eigenvalue weighted by atomic mass is 10.2. The molecule has 0 aliphatic rings. The van der Waals surface area contributed by atoms with Gasteiger partial charge in [-0.15, -0.1) is 6.42 Å². The van der Waals surface area contributed by atoms with Gasteiger partial charge in [0.25, 0.3) is 5.91 Å². The Morgan fingerprint density at radius 1 is 1.50 bits per heavy atom. The number of halogens is 2. The van der Waals surface area contributed by atoms with E-state index in [0.29, 0.717) is 15.1 Å². The number of carboxylic acids is 1. The van der Waals surface area contributed by atoms with Crippen LogP contribution in [0, 0.1) is 12.3 Å². The second kappa shape index (κ2) is 6.43. The van der Waals surface area contributed by atoms with Crippen LogP contribution in [0.15, 0.2) is 22.7 Å². The Bertz CT molecular complexity index is 525. The van der Waals surface area contributed by atoms with E-state index in [4.69, 9.17) is 23.1 Å². The van der Waals surface area contributed by atoms with Gasteiger partial charge in [0.05, 0.1) is 11.6 Å². The molecule has 0 saturated heterocycles. The quantitative estimate of drug-likeness (QED) is 0.862. The summed E-state index contributed by atoms with van der Waals surface area (Å²) in [6, 6.07) is 4.59. The van der Waals surface area contributed by atoms with Crippen molar-refractivity contribution in [1.29, 1.82) is 0 Å². The number of rotatable bonds is 4. The van der Waals surface area contributed by atoms with Crippen molar-refractivity contribution in [1.82, 2.24) is 4.90 Å². The molecule has 1 N–H and O–H groups in total. The zero-order valence-corrected chi connectivity index (χ0v) is 11.5. The first-order valence-corrected chi connectivity index (χ1v) is 6.02. The summed E-state index contributed by atoms with van der Waals surface area (Å²) < 4.78 is 0.561. The number of nitrogens with zero attached hydrogens (tertiary/aromatic N) is 1. The molecule has 0 fully saturated rings. The van der Waals surface area contributed by atoms with Crippen LogP contribution in [0.25, 0.3) is 0 Å². The summed E-state index contributed by atoms with van der Waals surface area (Å²) in [5.74, 6) is 0.684. The van der Waals surface area contributed by atoms with E-state index in [9.17, 15) is 9.59 Å². The third kappa shape index (κ3) is 3.76. The number of aliphatic carboxylic acids is 1. The van der Waals surface area contributed by atoms with E-state index in [0.717, 1.165) is 4.90 Å². The average Bonchev–Trinajstić information content (AvgIpc) is 2.31. The summed E-state index contributed by atoms with van der Waals surface area (Å²) in [7, 11) is 0. The number of hydrogen-bond donors (Lipinski definition) is 1. The first-order valence-electron chi connectivity index (χ1n) is 4.85. The number of carboxylic acid groups (broad SMARTS) is 1. The Labute approximate surface area is 118 Å². The van der Waals surface area contributed by atoms with Crippen molar-refractivity contribution < 1.29 is 14.7 Å². The maximum atomic E-state index is 12.0. The Kier molecular flexibility index (Phi) is 5.20. The van der Waals surface area contributed by atoms with E-state index in [2.05, 4.69) is 21.9 Å². The van der Waals surface area contributed by atoms with Gasteiger partial charge < -0.3 is 10.0 Å². The molecule has 18 heavy (non-hydrogen) atoms. The number of terminal acetylenes is 1. The summed E-state index contributed by atoms with van der Waals surface area (Å²) in [6.45, 7) is -0.505. The predicted octanol–water partition coefficient (Wildman–Crippen LogP) is 2.26. The monoisotopic (exact) mass is 329 g/mol. The van der Waals surface area contributed by atoms with Crippen molar-refractivity contribution in [3.63, 3.8) is 0 Å². The molecular weight excluding hydrogens is 321 g/mol. The zero-order chi connectivity index (χ0) is 13.7. The minimum absolute atomic E-state index is 0.0641. The maximum absolute atomic E-state index is 12.0.